The van der Waals surface area contributed by atoms with E-state index in [0.29, 0.717) is 21.5 Å². The Bertz CT molecular complexity index is 379. The highest BCUT2D eigenvalue weighted by Gasteiger charge is 2.20. The molecule has 68 valence electrons. The number of halogens is 2. The van der Waals surface area contributed by atoms with E-state index in [-0.39, 0.29) is 12.5 Å². The van der Waals surface area contributed by atoms with Crippen molar-refractivity contribution in [3.05, 3.63) is 22.2 Å². The molecule has 5 heteroatoms. The van der Waals surface area contributed by atoms with Crippen molar-refractivity contribution in [2.24, 2.45) is 0 Å². The third-order valence-electron chi connectivity index (χ3n) is 1.67. The van der Waals surface area contributed by atoms with Gasteiger partial charge in [0, 0.05) is 0 Å². The van der Waals surface area contributed by atoms with Gasteiger partial charge in [-0.25, -0.2) is 0 Å². The lowest BCUT2D eigenvalue weighted by atomic mass is 10.2. The van der Waals surface area contributed by atoms with Gasteiger partial charge in [-0.1, -0.05) is 23.2 Å². The van der Waals surface area contributed by atoms with Gasteiger partial charge < -0.3 is 10.1 Å². The van der Waals surface area contributed by atoms with Crippen molar-refractivity contribution in [2.75, 3.05) is 11.9 Å². The van der Waals surface area contributed by atoms with Crippen LogP contribution in [0, 0.1) is 0 Å². The number of benzene rings is 1. The summed E-state index contributed by atoms with van der Waals surface area (Å²) in [5.74, 6) is 0.213. The Morgan fingerprint density at radius 3 is 2.77 bits per heavy atom. The Kier molecular flexibility index (Phi) is 2.06. The minimum Gasteiger partial charge on any atom is -0.480 e. The summed E-state index contributed by atoms with van der Waals surface area (Å²) < 4.78 is 5.12. The van der Waals surface area contributed by atoms with E-state index in [1.54, 1.807) is 12.1 Å². The molecule has 0 spiro atoms. The number of nitrogens with one attached hydrogen (secondary N) is 1. The van der Waals surface area contributed by atoms with E-state index in [1.807, 2.05) is 0 Å². The minimum atomic E-state index is -0.225. The Morgan fingerprint density at radius 2 is 2.00 bits per heavy atom. The molecule has 3 nitrogen and oxygen atoms in total. The molecule has 1 heterocycles. The lowest BCUT2D eigenvalue weighted by molar-refractivity contribution is -0.118. The van der Waals surface area contributed by atoms with Gasteiger partial charge in [-0.3, -0.25) is 4.79 Å². The maximum absolute atomic E-state index is 11.0. The summed E-state index contributed by atoms with van der Waals surface area (Å²) in [5.41, 5.74) is 0.449. The Hall–Kier alpha value is -0.930. The number of hydrogen-bond acceptors (Lipinski definition) is 2. The maximum Gasteiger partial charge on any atom is 0.262 e. The van der Waals surface area contributed by atoms with E-state index < -0.39 is 0 Å². The number of carbonyl (C=O) groups is 1. The Balaban J connectivity index is 2.57. The normalized spacial score (nSPS) is 14.5. The SMILES string of the molecule is O=C1COc2c(Cl)ccc(Cl)c2N1. The third-order valence-corrected chi connectivity index (χ3v) is 2.28. The van der Waals surface area contributed by atoms with Crippen LogP contribution in [0.5, 0.6) is 5.75 Å². The molecular formula is C8H5Cl2NO2. The van der Waals surface area contributed by atoms with Crippen molar-refractivity contribution in [1.29, 1.82) is 0 Å². The summed E-state index contributed by atoms with van der Waals surface area (Å²) in [6, 6.07) is 3.23. The van der Waals surface area contributed by atoms with Crippen LogP contribution in [0.1, 0.15) is 0 Å². The molecule has 0 fully saturated rings. The first-order valence-electron chi connectivity index (χ1n) is 3.59. The van der Waals surface area contributed by atoms with Crippen LogP contribution in [0.25, 0.3) is 0 Å². The Morgan fingerprint density at radius 1 is 1.31 bits per heavy atom. The second kappa shape index (κ2) is 3.09. The van der Waals surface area contributed by atoms with Gasteiger partial charge in [0.2, 0.25) is 0 Å². The molecule has 0 unspecified atom stereocenters. The molecule has 2 rings (SSSR count). The van der Waals surface area contributed by atoms with Crippen molar-refractivity contribution in [1.82, 2.24) is 0 Å². The van der Waals surface area contributed by atoms with Gasteiger partial charge in [0.05, 0.1) is 10.0 Å². The Labute approximate surface area is 84.6 Å². The number of rotatable bonds is 0. The molecule has 1 aromatic carbocycles. The number of ether oxygens (including phenoxy) is 1. The van der Waals surface area contributed by atoms with Gasteiger partial charge in [-0.05, 0) is 12.1 Å². The standard InChI is InChI=1S/C8H5Cl2NO2/c9-4-1-2-5(10)8-7(4)11-6(12)3-13-8/h1-2H,3H2,(H,11,12). The molecule has 1 aliphatic heterocycles. The first-order chi connectivity index (χ1) is 6.18. The second-order valence-corrected chi connectivity index (χ2v) is 3.38. The minimum absolute atomic E-state index is 0.0208. The molecule has 0 radical (unpaired) electrons. The van der Waals surface area contributed by atoms with Crippen LogP contribution in [-0.2, 0) is 4.79 Å². The molecule has 0 saturated carbocycles. The van der Waals surface area contributed by atoms with Crippen molar-refractivity contribution in [3.8, 4) is 5.75 Å². The number of hydrogen-bond donors (Lipinski definition) is 1. The fourth-order valence-corrected chi connectivity index (χ4v) is 1.51. The zero-order valence-corrected chi connectivity index (χ0v) is 7.95. The summed E-state index contributed by atoms with van der Waals surface area (Å²) in [5, 5.41) is 3.46. The molecular weight excluding hydrogens is 213 g/mol. The summed E-state index contributed by atoms with van der Waals surface area (Å²) in [6.45, 7) is -0.0208. The molecule has 0 saturated heterocycles. The molecule has 13 heavy (non-hydrogen) atoms. The molecule has 1 N–H and O–H groups in total. The van der Waals surface area contributed by atoms with Crippen LogP contribution in [-0.4, -0.2) is 12.5 Å². The first-order valence-corrected chi connectivity index (χ1v) is 4.35. The summed E-state index contributed by atoms with van der Waals surface area (Å²) in [6.07, 6.45) is 0. The fraction of sp³-hybridized carbons (Fsp3) is 0.125. The van der Waals surface area contributed by atoms with E-state index in [4.69, 9.17) is 27.9 Å². The van der Waals surface area contributed by atoms with Crippen LogP contribution >= 0.6 is 23.2 Å². The topological polar surface area (TPSA) is 38.3 Å². The van der Waals surface area contributed by atoms with Crippen LogP contribution in [0.15, 0.2) is 12.1 Å². The zero-order chi connectivity index (χ0) is 9.42. The smallest absolute Gasteiger partial charge is 0.262 e. The molecule has 0 bridgehead atoms. The monoisotopic (exact) mass is 217 g/mol. The second-order valence-electron chi connectivity index (χ2n) is 2.57. The summed E-state index contributed by atoms with van der Waals surface area (Å²) >= 11 is 11.7. The van der Waals surface area contributed by atoms with Crippen LogP contribution in [0.2, 0.25) is 10.0 Å². The lowest BCUT2D eigenvalue weighted by Crippen LogP contribution is -2.25. The highest BCUT2D eigenvalue weighted by Crippen LogP contribution is 2.40. The van der Waals surface area contributed by atoms with Gasteiger partial charge in [-0.2, -0.15) is 0 Å². The van der Waals surface area contributed by atoms with Crippen molar-refractivity contribution < 1.29 is 9.53 Å². The molecule has 0 aliphatic carbocycles. The maximum atomic E-state index is 11.0. The number of amides is 1. The fourth-order valence-electron chi connectivity index (χ4n) is 1.10. The molecule has 1 aromatic rings. The highest BCUT2D eigenvalue weighted by molar-refractivity contribution is 6.37. The average molecular weight is 218 g/mol. The van der Waals surface area contributed by atoms with Crippen LogP contribution in [0.4, 0.5) is 5.69 Å². The molecule has 1 amide bonds. The van der Waals surface area contributed by atoms with Crippen molar-refractivity contribution in [3.63, 3.8) is 0 Å². The summed E-state index contributed by atoms with van der Waals surface area (Å²) in [7, 11) is 0. The number of fused-ring (bicyclic) bond motifs is 1. The average Bonchev–Trinajstić information content (AvgIpc) is 2.12. The van der Waals surface area contributed by atoms with Gasteiger partial charge in [0.25, 0.3) is 5.91 Å². The third kappa shape index (κ3) is 1.45. The largest absolute Gasteiger partial charge is 0.480 e. The highest BCUT2D eigenvalue weighted by atomic mass is 35.5. The van der Waals surface area contributed by atoms with E-state index in [1.165, 1.54) is 0 Å². The van der Waals surface area contributed by atoms with Gasteiger partial charge >= 0.3 is 0 Å². The van der Waals surface area contributed by atoms with Crippen molar-refractivity contribution >= 4 is 34.8 Å². The first kappa shape index (κ1) is 8.66. The lowest BCUT2D eigenvalue weighted by Gasteiger charge is -2.19. The van der Waals surface area contributed by atoms with Gasteiger partial charge in [0.15, 0.2) is 12.4 Å². The zero-order valence-electron chi connectivity index (χ0n) is 6.43. The predicted octanol–water partition coefficient (Wildman–Crippen LogP) is 2.32. The predicted molar refractivity (Wildman–Crippen MR) is 50.6 cm³/mol. The van der Waals surface area contributed by atoms with Crippen LogP contribution < -0.4 is 10.1 Å². The van der Waals surface area contributed by atoms with E-state index in [2.05, 4.69) is 5.32 Å². The van der Waals surface area contributed by atoms with E-state index >= 15 is 0 Å². The summed E-state index contributed by atoms with van der Waals surface area (Å²) in [4.78, 5) is 11.0. The van der Waals surface area contributed by atoms with E-state index in [9.17, 15) is 4.79 Å². The number of carbonyl (C=O) groups excluding carboxylic acids is 1. The molecule has 1 aliphatic rings. The van der Waals surface area contributed by atoms with Crippen molar-refractivity contribution in [2.45, 2.75) is 0 Å². The quantitative estimate of drug-likeness (QED) is 0.725. The molecule has 0 atom stereocenters. The van der Waals surface area contributed by atoms with E-state index in [0.717, 1.165) is 0 Å². The van der Waals surface area contributed by atoms with Crippen LogP contribution in [0.3, 0.4) is 0 Å². The van der Waals surface area contributed by atoms with Gasteiger partial charge in [0.1, 0.15) is 5.69 Å². The van der Waals surface area contributed by atoms with Gasteiger partial charge in [-0.15, -0.1) is 0 Å². The molecule has 0 aromatic heterocycles. The number of anilines is 1.